The molecule has 1 fully saturated rings. The average Bonchev–Trinajstić information content (AvgIpc) is 2.38. The third-order valence-electron chi connectivity index (χ3n) is 3.84. The fraction of sp³-hybridized carbons (Fsp3) is 0.625. The second kappa shape index (κ2) is 6.29. The Morgan fingerprint density at radius 1 is 1.11 bits per heavy atom. The first-order chi connectivity index (χ1) is 9.12. The maximum absolute atomic E-state index is 9.14. The van der Waals surface area contributed by atoms with E-state index in [4.69, 9.17) is 14.6 Å². The van der Waals surface area contributed by atoms with Crippen LogP contribution in [0.1, 0.15) is 38.7 Å². The molecule has 1 aromatic rings. The Hall–Kier alpha value is -1.22. The summed E-state index contributed by atoms with van der Waals surface area (Å²) >= 11 is 0. The number of aliphatic hydroxyl groups is 1. The van der Waals surface area contributed by atoms with Gasteiger partial charge >= 0.3 is 0 Å². The monoisotopic (exact) mass is 264 g/mol. The second-order valence-corrected chi connectivity index (χ2v) is 5.80. The summed E-state index contributed by atoms with van der Waals surface area (Å²) in [6.45, 7) is 4.60. The molecule has 106 valence electrons. The number of methoxy groups -OCH3 is 1. The quantitative estimate of drug-likeness (QED) is 0.906. The third kappa shape index (κ3) is 3.63. The molecule has 0 radical (unpaired) electrons. The van der Waals surface area contributed by atoms with Gasteiger partial charge < -0.3 is 14.6 Å². The van der Waals surface area contributed by atoms with Gasteiger partial charge in [0, 0.05) is 0 Å². The molecule has 3 nitrogen and oxygen atoms in total. The van der Waals surface area contributed by atoms with Gasteiger partial charge in [-0.25, -0.2) is 0 Å². The van der Waals surface area contributed by atoms with E-state index in [1.165, 1.54) is 6.42 Å². The lowest BCUT2D eigenvalue weighted by molar-refractivity contribution is 0.0979. The first kappa shape index (κ1) is 14.2. The molecule has 19 heavy (non-hydrogen) atoms. The summed E-state index contributed by atoms with van der Waals surface area (Å²) in [6, 6.07) is 5.62. The Labute approximate surface area is 115 Å². The van der Waals surface area contributed by atoms with Crippen LogP contribution in [-0.4, -0.2) is 18.3 Å². The van der Waals surface area contributed by atoms with Crippen LogP contribution in [0.5, 0.6) is 11.5 Å². The van der Waals surface area contributed by atoms with Crippen LogP contribution in [0.15, 0.2) is 18.2 Å². The van der Waals surface area contributed by atoms with Gasteiger partial charge in [-0.2, -0.15) is 0 Å². The van der Waals surface area contributed by atoms with Gasteiger partial charge in [0.1, 0.15) is 0 Å². The first-order valence-electron chi connectivity index (χ1n) is 7.06. The Morgan fingerprint density at radius 2 is 1.79 bits per heavy atom. The highest BCUT2D eigenvalue weighted by Gasteiger charge is 2.25. The van der Waals surface area contributed by atoms with E-state index in [-0.39, 0.29) is 12.7 Å². The molecule has 0 amide bonds. The van der Waals surface area contributed by atoms with Gasteiger partial charge in [0.2, 0.25) is 0 Å². The normalized spacial score (nSPS) is 27.1. The smallest absolute Gasteiger partial charge is 0.161 e. The summed E-state index contributed by atoms with van der Waals surface area (Å²) in [4.78, 5) is 0. The van der Waals surface area contributed by atoms with Gasteiger partial charge in [0.25, 0.3) is 0 Å². The highest BCUT2D eigenvalue weighted by atomic mass is 16.5. The number of hydrogen-bond acceptors (Lipinski definition) is 3. The van der Waals surface area contributed by atoms with E-state index in [1.807, 2.05) is 18.2 Å². The van der Waals surface area contributed by atoms with E-state index in [2.05, 4.69) is 13.8 Å². The molecule has 0 aliphatic heterocycles. The van der Waals surface area contributed by atoms with E-state index in [0.29, 0.717) is 5.75 Å². The summed E-state index contributed by atoms with van der Waals surface area (Å²) in [5.41, 5.74) is 0.842. The maximum atomic E-state index is 9.14. The number of hydrogen-bond donors (Lipinski definition) is 1. The molecule has 1 saturated carbocycles. The number of benzene rings is 1. The lowest BCUT2D eigenvalue weighted by Gasteiger charge is -2.32. The van der Waals surface area contributed by atoms with Gasteiger partial charge in [-0.05, 0) is 48.8 Å². The van der Waals surface area contributed by atoms with Crippen molar-refractivity contribution >= 4 is 0 Å². The standard InChI is InChI=1S/C16H24O3/c1-11-6-12(2)8-14(7-11)19-15-5-4-13(10-17)9-16(15)18-3/h4-5,9,11-12,14,17H,6-8,10H2,1-3H3. The fourth-order valence-electron chi connectivity index (χ4n) is 3.06. The van der Waals surface area contributed by atoms with E-state index in [1.54, 1.807) is 7.11 Å². The molecule has 2 rings (SSSR count). The van der Waals surface area contributed by atoms with Crippen molar-refractivity contribution < 1.29 is 14.6 Å². The van der Waals surface area contributed by atoms with Crippen LogP contribution in [-0.2, 0) is 6.61 Å². The molecule has 2 unspecified atom stereocenters. The van der Waals surface area contributed by atoms with Gasteiger partial charge in [0.15, 0.2) is 11.5 Å². The van der Waals surface area contributed by atoms with E-state index in [0.717, 1.165) is 36.0 Å². The molecule has 0 saturated heterocycles. The summed E-state index contributed by atoms with van der Waals surface area (Å²) in [5.74, 6) is 2.93. The Morgan fingerprint density at radius 3 is 2.37 bits per heavy atom. The number of rotatable bonds is 4. The van der Waals surface area contributed by atoms with Crippen LogP contribution in [0.25, 0.3) is 0 Å². The minimum absolute atomic E-state index is 0.0220. The molecule has 3 heteroatoms. The molecule has 1 N–H and O–H groups in total. The van der Waals surface area contributed by atoms with Crippen LogP contribution in [0.3, 0.4) is 0 Å². The second-order valence-electron chi connectivity index (χ2n) is 5.80. The summed E-state index contributed by atoms with van der Waals surface area (Å²) in [7, 11) is 1.63. The van der Waals surface area contributed by atoms with Crippen LogP contribution in [0, 0.1) is 11.8 Å². The maximum Gasteiger partial charge on any atom is 0.161 e. The highest BCUT2D eigenvalue weighted by Crippen LogP contribution is 2.35. The lowest BCUT2D eigenvalue weighted by atomic mass is 9.82. The number of aliphatic hydroxyl groups excluding tert-OH is 1. The van der Waals surface area contributed by atoms with E-state index >= 15 is 0 Å². The third-order valence-corrected chi connectivity index (χ3v) is 3.84. The van der Waals surface area contributed by atoms with Crippen LogP contribution >= 0.6 is 0 Å². The molecule has 1 aliphatic rings. The molecule has 0 spiro atoms. The van der Waals surface area contributed by atoms with Gasteiger partial charge in [0.05, 0.1) is 19.8 Å². The zero-order valence-corrected chi connectivity index (χ0v) is 12.1. The molecule has 0 aromatic heterocycles. The summed E-state index contributed by atoms with van der Waals surface area (Å²) < 4.78 is 11.5. The van der Waals surface area contributed by atoms with Crippen molar-refractivity contribution in [2.45, 2.75) is 45.8 Å². The van der Waals surface area contributed by atoms with Crippen LogP contribution in [0.4, 0.5) is 0 Å². The average molecular weight is 264 g/mol. The fourth-order valence-corrected chi connectivity index (χ4v) is 3.06. The molecule has 1 aliphatic carbocycles. The first-order valence-corrected chi connectivity index (χ1v) is 7.06. The molecular formula is C16H24O3. The molecule has 0 bridgehead atoms. The summed E-state index contributed by atoms with van der Waals surface area (Å²) in [6.07, 6.45) is 3.78. The predicted octanol–water partition coefficient (Wildman–Crippen LogP) is 3.39. The lowest BCUT2D eigenvalue weighted by Crippen LogP contribution is -2.28. The van der Waals surface area contributed by atoms with Crippen molar-refractivity contribution in [2.24, 2.45) is 11.8 Å². The van der Waals surface area contributed by atoms with Crippen LogP contribution in [0.2, 0.25) is 0 Å². The zero-order chi connectivity index (χ0) is 13.8. The molecule has 2 atom stereocenters. The van der Waals surface area contributed by atoms with Gasteiger partial charge in [-0.15, -0.1) is 0 Å². The highest BCUT2D eigenvalue weighted by molar-refractivity contribution is 5.42. The Balaban J connectivity index is 2.09. The SMILES string of the molecule is COc1cc(CO)ccc1OC1CC(C)CC(C)C1. The molecule has 1 aromatic carbocycles. The van der Waals surface area contributed by atoms with E-state index < -0.39 is 0 Å². The summed E-state index contributed by atoms with van der Waals surface area (Å²) in [5, 5.41) is 9.14. The van der Waals surface area contributed by atoms with Crippen molar-refractivity contribution in [1.82, 2.24) is 0 Å². The van der Waals surface area contributed by atoms with Crippen molar-refractivity contribution in [2.75, 3.05) is 7.11 Å². The predicted molar refractivity (Wildman–Crippen MR) is 75.5 cm³/mol. The van der Waals surface area contributed by atoms with E-state index in [9.17, 15) is 0 Å². The largest absolute Gasteiger partial charge is 0.493 e. The Kier molecular flexibility index (Phi) is 4.70. The zero-order valence-electron chi connectivity index (χ0n) is 12.1. The van der Waals surface area contributed by atoms with Crippen molar-refractivity contribution in [3.05, 3.63) is 23.8 Å². The topological polar surface area (TPSA) is 38.7 Å². The van der Waals surface area contributed by atoms with Crippen LogP contribution < -0.4 is 9.47 Å². The van der Waals surface area contributed by atoms with Gasteiger partial charge in [-0.1, -0.05) is 19.9 Å². The minimum Gasteiger partial charge on any atom is -0.493 e. The molecule has 0 heterocycles. The van der Waals surface area contributed by atoms with Crippen molar-refractivity contribution in [3.63, 3.8) is 0 Å². The molecular weight excluding hydrogens is 240 g/mol. The van der Waals surface area contributed by atoms with Gasteiger partial charge in [-0.3, -0.25) is 0 Å². The Bertz CT molecular complexity index is 406. The number of ether oxygens (including phenoxy) is 2. The van der Waals surface area contributed by atoms with Crippen molar-refractivity contribution in [3.8, 4) is 11.5 Å². The minimum atomic E-state index is 0.0220. The van der Waals surface area contributed by atoms with Crippen molar-refractivity contribution in [1.29, 1.82) is 0 Å².